The van der Waals surface area contributed by atoms with E-state index < -0.39 is 35.5 Å². The Kier molecular flexibility index (Phi) is 9.07. The second-order valence-corrected chi connectivity index (χ2v) is 12.6. The number of methoxy groups -OCH3 is 2. The number of benzene rings is 2. The number of rotatable bonds is 15. The van der Waals surface area contributed by atoms with Crippen LogP contribution in [0.2, 0.25) is 0 Å². The first-order valence-electron chi connectivity index (χ1n) is 13.7. The molecule has 1 aliphatic carbocycles. The lowest BCUT2D eigenvalue weighted by Gasteiger charge is -2.13. The highest BCUT2D eigenvalue weighted by molar-refractivity contribution is 7.21. The number of fused-ring (bicyclic) bond motifs is 2. The molecule has 2 heterocycles. The Morgan fingerprint density at radius 1 is 0.886 bits per heavy atom. The fraction of sp³-hybridized carbons (Fsp3) is 0.355. The number of thiophene rings is 2. The predicted molar refractivity (Wildman–Crippen MR) is 162 cm³/mol. The van der Waals surface area contributed by atoms with E-state index in [1.165, 1.54) is 38.5 Å². The summed E-state index contributed by atoms with van der Waals surface area (Å²) in [5.41, 5.74) is 0. The summed E-state index contributed by atoms with van der Waals surface area (Å²) in [6.45, 7) is 1.77. The van der Waals surface area contributed by atoms with Crippen molar-refractivity contribution in [3.8, 4) is 23.0 Å². The molecule has 13 heteroatoms. The number of carboxylic acid groups (broad SMARTS) is 2. The Hall–Kier alpha value is -4.23. The highest BCUT2D eigenvalue weighted by Crippen LogP contribution is 2.45. The minimum absolute atomic E-state index is 0.0844. The van der Waals surface area contributed by atoms with Crippen LogP contribution in [0, 0.1) is 23.6 Å². The maximum absolute atomic E-state index is 15.5. The van der Waals surface area contributed by atoms with Crippen molar-refractivity contribution in [1.82, 2.24) is 0 Å². The van der Waals surface area contributed by atoms with E-state index in [2.05, 4.69) is 0 Å². The monoisotopic (exact) mass is 644 g/mol. The van der Waals surface area contributed by atoms with Gasteiger partial charge in [0, 0.05) is 45.7 Å². The van der Waals surface area contributed by atoms with Gasteiger partial charge in [-0.3, -0.25) is 19.2 Å². The molecule has 0 spiro atoms. The molecule has 1 aliphatic rings. The second-order valence-electron chi connectivity index (χ2n) is 10.5. The molecule has 1 fully saturated rings. The fourth-order valence-corrected chi connectivity index (χ4v) is 6.90. The molecule has 0 bridgehead atoms. The van der Waals surface area contributed by atoms with Crippen LogP contribution >= 0.6 is 22.7 Å². The fourth-order valence-electron chi connectivity index (χ4n) is 4.79. The van der Waals surface area contributed by atoms with Crippen molar-refractivity contribution in [3.05, 3.63) is 45.9 Å². The van der Waals surface area contributed by atoms with Crippen molar-refractivity contribution >= 4 is 66.4 Å². The molecular weight excluding hydrogens is 615 g/mol. The number of aliphatic carboxylic acids is 2. The number of carbonyl (C=O) groups is 4. The lowest BCUT2D eigenvalue weighted by Crippen LogP contribution is -2.13. The Labute approximate surface area is 258 Å². The smallest absolute Gasteiger partial charge is 0.307 e. The molecule has 2 N–H and O–H groups in total. The number of hydrogen-bond donors (Lipinski definition) is 2. The molecule has 10 nitrogen and oxygen atoms in total. The normalized spacial score (nSPS) is 16.5. The minimum Gasteiger partial charge on any atom is -0.493 e. The Morgan fingerprint density at radius 2 is 1.57 bits per heavy atom. The highest BCUT2D eigenvalue weighted by Gasteiger charge is 2.48. The largest absolute Gasteiger partial charge is 0.493 e. The Balaban J connectivity index is 1.23. The zero-order valence-corrected chi connectivity index (χ0v) is 25.6. The van der Waals surface area contributed by atoms with Crippen LogP contribution in [0.4, 0.5) is 4.39 Å². The topological polar surface area (TPSA) is 146 Å². The number of ether oxygens (including phenoxy) is 4. The van der Waals surface area contributed by atoms with E-state index >= 15 is 4.39 Å². The third kappa shape index (κ3) is 6.34. The van der Waals surface area contributed by atoms with E-state index in [1.807, 2.05) is 0 Å². The molecule has 1 unspecified atom stereocenters. The molecule has 0 radical (unpaired) electrons. The van der Waals surface area contributed by atoms with Gasteiger partial charge >= 0.3 is 11.9 Å². The minimum atomic E-state index is -1.03. The quantitative estimate of drug-likeness (QED) is 0.111. The number of Topliss-reactive ketones (excluding diaryl/α,β-unsaturated/α-hetero) is 2. The van der Waals surface area contributed by atoms with E-state index in [-0.39, 0.29) is 54.5 Å². The first kappa shape index (κ1) is 31.2. The highest BCUT2D eigenvalue weighted by atomic mass is 32.1. The van der Waals surface area contributed by atoms with Gasteiger partial charge < -0.3 is 29.2 Å². The van der Waals surface area contributed by atoms with Crippen molar-refractivity contribution in [2.45, 2.75) is 26.2 Å². The zero-order valence-electron chi connectivity index (χ0n) is 24.0. The van der Waals surface area contributed by atoms with Crippen molar-refractivity contribution < 1.29 is 52.7 Å². The molecule has 3 atom stereocenters. The van der Waals surface area contributed by atoms with Gasteiger partial charge in [-0.15, -0.1) is 22.7 Å². The summed E-state index contributed by atoms with van der Waals surface area (Å²) in [5.74, 6) is -4.35. The van der Waals surface area contributed by atoms with Crippen LogP contribution < -0.4 is 18.9 Å². The van der Waals surface area contributed by atoms with Crippen LogP contribution in [0.15, 0.2) is 30.3 Å². The second kappa shape index (κ2) is 12.8. The standard InChI is InChI=1S/C31H29FO10S2/c1-14(30(35)36)7-19(33)25-9-15-8-20(39-2)21(12-23(15)43-25)41-5-4-6-42-29-22(40-3)13-24-18(27(29)32)11-26(44-24)28(34)16-10-17(16)31(37)38/h8-9,11-14,16-17H,4-7,10H2,1-3H3,(H,35,36)(H,37,38)/t14?,16-,17-/m1/s1. The van der Waals surface area contributed by atoms with Gasteiger partial charge in [-0.25, -0.2) is 4.39 Å². The van der Waals surface area contributed by atoms with Gasteiger partial charge in [-0.1, -0.05) is 6.92 Å². The van der Waals surface area contributed by atoms with E-state index in [0.29, 0.717) is 32.4 Å². The van der Waals surface area contributed by atoms with Gasteiger partial charge in [0.25, 0.3) is 0 Å². The molecule has 2 aromatic heterocycles. The average Bonchev–Trinajstić information content (AvgIpc) is 3.51. The van der Waals surface area contributed by atoms with Gasteiger partial charge in [0.05, 0.1) is 49.0 Å². The van der Waals surface area contributed by atoms with Gasteiger partial charge in [0.2, 0.25) is 0 Å². The van der Waals surface area contributed by atoms with E-state index in [9.17, 15) is 19.2 Å². The molecular formula is C31H29FO10S2. The summed E-state index contributed by atoms with van der Waals surface area (Å²) in [7, 11) is 2.88. The molecule has 2 aromatic carbocycles. The molecule has 232 valence electrons. The third-order valence-corrected chi connectivity index (χ3v) is 9.61. The molecule has 0 amide bonds. The molecule has 4 aromatic rings. The number of ketones is 2. The van der Waals surface area contributed by atoms with Gasteiger partial charge in [0.1, 0.15) is 0 Å². The zero-order chi connectivity index (χ0) is 31.7. The lowest BCUT2D eigenvalue weighted by molar-refractivity contribution is -0.141. The molecule has 0 saturated heterocycles. The Bertz CT molecular complexity index is 1770. The summed E-state index contributed by atoms with van der Waals surface area (Å²) in [6.07, 6.45) is 0.557. The van der Waals surface area contributed by atoms with Gasteiger partial charge in [0.15, 0.2) is 40.4 Å². The SMILES string of the molecule is COc1cc2cc(C(=O)CC(C)C(=O)O)sc2cc1OCCCOc1c(OC)cc2sc(C(=O)[C@@H]3C[C@H]3C(=O)O)cc2c1F. The van der Waals surface area contributed by atoms with Crippen LogP contribution in [0.3, 0.4) is 0 Å². The van der Waals surface area contributed by atoms with E-state index in [0.717, 1.165) is 21.4 Å². The summed E-state index contributed by atoms with van der Waals surface area (Å²) in [5, 5.41) is 19.2. The molecule has 1 saturated carbocycles. The summed E-state index contributed by atoms with van der Waals surface area (Å²) in [4.78, 5) is 48.3. The van der Waals surface area contributed by atoms with Crippen molar-refractivity contribution in [1.29, 1.82) is 0 Å². The van der Waals surface area contributed by atoms with Crippen LogP contribution in [0.1, 0.15) is 45.5 Å². The van der Waals surface area contributed by atoms with Gasteiger partial charge in [-0.2, -0.15) is 0 Å². The van der Waals surface area contributed by atoms with Crippen LogP contribution in [-0.4, -0.2) is 61.2 Å². The van der Waals surface area contributed by atoms with Crippen molar-refractivity contribution in [2.24, 2.45) is 17.8 Å². The maximum atomic E-state index is 15.5. The van der Waals surface area contributed by atoms with Crippen LogP contribution in [-0.2, 0) is 9.59 Å². The maximum Gasteiger partial charge on any atom is 0.307 e. The van der Waals surface area contributed by atoms with Gasteiger partial charge in [-0.05, 0) is 30.0 Å². The number of hydrogen-bond acceptors (Lipinski definition) is 10. The first-order chi connectivity index (χ1) is 21.0. The van der Waals surface area contributed by atoms with Crippen molar-refractivity contribution in [2.75, 3.05) is 27.4 Å². The average molecular weight is 645 g/mol. The summed E-state index contributed by atoms with van der Waals surface area (Å²) >= 11 is 2.33. The number of carbonyl (C=O) groups excluding carboxylic acids is 2. The molecule has 5 rings (SSSR count). The number of halogens is 1. The summed E-state index contributed by atoms with van der Waals surface area (Å²) < 4.78 is 39.2. The molecule has 0 aliphatic heterocycles. The van der Waals surface area contributed by atoms with E-state index in [4.69, 9.17) is 29.2 Å². The van der Waals surface area contributed by atoms with Crippen molar-refractivity contribution in [3.63, 3.8) is 0 Å². The van der Waals surface area contributed by atoms with Crippen LogP contribution in [0.5, 0.6) is 23.0 Å². The molecule has 44 heavy (non-hydrogen) atoms. The predicted octanol–water partition coefficient (Wildman–Crippen LogP) is 6.32. The third-order valence-electron chi connectivity index (χ3n) is 7.37. The first-order valence-corrected chi connectivity index (χ1v) is 15.4. The van der Waals surface area contributed by atoms with Crippen LogP contribution in [0.25, 0.3) is 20.2 Å². The Morgan fingerprint density at radius 3 is 2.23 bits per heavy atom. The van der Waals surface area contributed by atoms with E-state index in [1.54, 1.807) is 24.3 Å². The summed E-state index contributed by atoms with van der Waals surface area (Å²) in [6, 6.07) is 8.23. The number of carboxylic acids is 2. The lowest BCUT2D eigenvalue weighted by atomic mass is 10.0.